The SMILES string of the molecule is COCc1cc2ccc(C#N)cc2o1. The van der Waals surface area contributed by atoms with Crippen molar-refractivity contribution < 1.29 is 9.15 Å². The minimum absolute atomic E-state index is 0.455. The lowest BCUT2D eigenvalue weighted by molar-refractivity contribution is 0.166. The van der Waals surface area contributed by atoms with Crippen LogP contribution in [-0.4, -0.2) is 7.11 Å². The molecule has 0 N–H and O–H groups in total. The summed E-state index contributed by atoms with van der Waals surface area (Å²) in [5.74, 6) is 0.776. The van der Waals surface area contributed by atoms with E-state index in [4.69, 9.17) is 14.4 Å². The highest BCUT2D eigenvalue weighted by Gasteiger charge is 2.03. The molecule has 1 aromatic heterocycles. The fraction of sp³-hybridized carbons (Fsp3) is 0.182. The first kappa shape index (κ1) is 8.79. The number of furan rings is 1. The first-order valence-corrected chi connectivity index (χ1v) is 4.25. The fourth-order valence-corrected chi connectivity index (χ4v) is 1.37. The average Bonchev–Trinajstić information content (AvgIpc) is 2.59. The van der Waals surface area contributed by atoms with Crippen molar-refractivity contribution in [1.29, 1.82) is 5.26 Å². The van der Waals surface area contributed by atoms with E-state index in [1.807, 2.05) is 12.1 Å². The number of nitriles is 1. The van der Waals surface area contributed by atoms with Crippen LogP contribution in [0.3, 0.4) is 0 Å². The molecule has 3 heteroatoms. The van der Waals surface area contributed by atoms with Crippen LogP contribution in [0.5, 0.6) is 0 Å². The quantitative estimate of drug-likeness (QED) is 0.725. The summed E-state index contributed by atoms with van der Waals surface area (Å²) in [6.45, 7) is 0.455. The molecule has 1 heterocycles. The van der Waals surface area contributed by atoms with E-state index in [2.05, 4.69) is 6.07 Å². The number of rotatable bonds is 2. The van der Waals surface area contributed by atoms with Gasteiger partial charge in [-0.1, -0.05) is 0 Å². The summed E-state index contributed by atoms with van der Waals surface area (Å²) in [6, 6.07) is 9.36. The van der Waals surface area contributed by atoms with E-state index < -0.39 is 0 Å². The van der Waals surface area contributed by atoms with Crippen LogP contribution >= 0.6 is 0 Å². The highest BCUT2D eigenvalue weighted by molar-refractivity contribution is 5.79. The van der Waals surface area contributed by atoms with Crippen LogP contribution in [-0.2, 0) is 11.3 Å². The van der Waals surface area contributed by atoms with Crippen molar-refractivity contribution in [3.63, 3.8) is 0 Å². The highest BCUT2D eigenvalue weighted by Crippen LogP contribution is 2.20. The summed E-state index contributed by atoms with van der Waals surface area (Å²) in [7, 11) is 1.62. The van der Waals surface area contributed by atoms with Crippen LogP contribution in [0.4, 0.5) is 0 Å². The van der Waals surface area contributed by atoms with E-state index in [1.165, 1.54) is 0 Å². The number of methoxy groups -OCH3 is 1. The maximum atomic E-state index is 8.69. The molecular formula is C11H9NO2. The molecule has 0 aliphatic carbocycles. The van der Waals surface area contributed by atoms with E-state index in [-0.39, 0.29) is 0 Å². The molecule has 0 atom stereocenters. The van der Waals surface area contributed by atoms with Gasteiger partial charge < -0.3 is 9.15 Å². The molecule has 2 aromatic rings. The Balaban J connectivity index is 2.50. The maximum Gasteiger partial charge on any atom is 0.135 e. The molecule has 0 saturated heterocycles. The summed E-state index contributed by atoms with van der Waals surface area (Å²) >= 11 is 0. The fourth-order valence-electron chi connectivity index (χ4n) is 1.37. The van der Waals surface area contributed by atoms with Crippen molar-refractivity contribution in [3.8, 4) is 6.07 Å². The Morgan fingerprint density at radius 2 is 2.29 bits per heavy atom. The van der Waals surface area contributed by atoms with Crippen molar-refractivity contribution in [2.45, 2.75) is 6.61 Å². The van der Waals surface area contributed by atoms with Gasteiger partial charge in [0, 0.05) is 12.5 Å². The Morgan fingerprint density at radius 3 is 3.00 bits per heavy atom. The third-order valence-electron chi connectivity index (χ3n) is 1.99. The number of hydrogen-bond donors (Lipinski definition) is 0. The van der Waals surface area contributed by atoms with Gasteiger partial charge >= 0.3 is 0 Å². The normalized spacial score (nSPS) is 10.3. The molecule has 0 bridgehead atoms. The van der Waals surface area contributed by atoms with Gasteiger partial charge in [-0.3, -0.25) is 0 Å². The molecular weight excluding hydrogens is 178 g/mol. The smallest absolute Gasteiger partial charge is 0.135 e. The molecule has 0 saturated carbocycles. The molecule has 0 radical (unpaired) electrons. The van der Waals surface area contributed by atoms with Gasteiger partial charge in [-0.15, -0.1) is 0 Å². The molecule has 3 nitrogen and oxygen atoms in total. The van der Waals surface area contributed by atoms with Gasteiger partial charge in [-0.05, 0) is 24.3 Å². The van der Waals surface area contributed by atoms with Crippen molar-refractivity contribution in [2.75, 3.05) is 7.11 Å². The number of fused-ring (bicyclic) bond motifs is 1. The molecule has 0 unspecified atom stereocenters. The Hall–Kier alpha value is -1.79. The average molecular weight is 187 g/mol. The Bertz CT molecular complexity index is 493. The van der Waals surface area contributed by atoms with E-state index in [9.17, 15) is 0 Å². The lowest BCUT2D eigenvalue weighted by atomic mass is 10.2. The van der Waals surface area contributed by atoms with E-state index in [0.29, 0.717) is 12.2 Å². The van der Waals surface area contributed by atoms with Crippen LogP contribution < -0.4 is 0 Å². The zero-order valence-corrected chi connectivity index (χ0v) is 7.78. The first-order valence-electron chi connectivity index (χ1n) is 4.25. The molecule has 0 aliphatic heterocycles. The summed E-state index contributed by atoms with van der Waals surface area (Å²) in [4.78, 5) is 0. The van der Waals surface area contributed by atoms with Gasteiger partial charge in [0.05, 0.1) is 11.6 Å². The van der Waals surface area contributed by atoms with Crippen molar-refractivity contribution >= 4 is 11.0 Å². The van der Waals surface area contributed by atoms with Gasteiger partial charge in [0.25, 0.3) is 0 Å². The van der Waals surface area contributed by atoms with Crippen LogP contribution in [0.1, 0.15) is 11.3 Å². The molecule has 0 fully saturated rings. The van der Waals surface area contributed by atoms with Gasteiger partial charge in [0.2, 0.25) is 0 Å². The van der Waals surface area contributed by atoms with Crippen LogP contribution in [0.2, 0.25) is 0 Å². The molecule has 14 heavy (non-hydrogen) atoms. The van der Waals surface area contributed by atoms with Crippen molar-refractivity contribution in [1.82, 2.24) is 0 Å². The highest BCUT2D eigenvalue weighted by atomic mass is 16.5. The molecule has 70 valence electrons. The third kappa shape index (κ3) is 1.48. The van der Waals surface area contributed by atoms with Crippen LogP contribution in [0, 0.1) is 11.3 Å². The molecule has 0 spiro atoms. The Kier molecular flexibility index (Phi) is 2.21. The second-order valence-corrected chi connectivity index (χ2v) is 3.01. The lowest BCUT2D eigenvalue weighted by Gasteiger charge is -1.90. The zero-order chi connectivity index (χ0) is 9.97. The zero-order valence-electron chi connectivity index (χ0n) is 7.78. The summed E-state index contributed by atoms with van der Waals surface area (Å²) in [5, 5.41) is 9.69. The summed E-state index contributed by atoms with van der Waals surface area (Å²) in [6.07, 6.45) is 0. The second kappa shape index (κ2) is 3.52. The van der Waals surface area contributed by atoms with E-state index in [1.54, 1.807) is 19.2 Å². The molecule has 1 aromatic carbocycles. The van der Waals surface area contributed by atoms with E-state index in [0.717, 1.165) is 16.7 Å². The summed E-state index contributed by atoms with van der Waals surface area (Å²) < 4.78 is 10.4. The Labute approximate surface area is 81.5 Å². The predicted molar refractivity (Wildman–Crippen MR) is 51.6 cm³/mol. The van der Waals surface area contributed by atoms with Crippen molar-refractivity contribution in [2.24, 2.45) is 0 Å². The standard InChI is InChI=1S/C11H9NO2/c1-13-7-10-5-9-3-2-8(6-12)4-11(9)14-10/h2-5H,7H2,1H3. The van der Waals surface area contributed by atoms with Gasteiger partial charge in [0.1, 0.15) is 18.0 Å². The minimum Gasteiger partial charge on any atom is -0.459 e. The van der Waals surface area contributed by atoms with Crippen molar-refractivity contribution in [3.05, 3.63) is 35.6 Å². The number of hydrogen-bond acceptors (Lipinski definition) is 3. The second-order valence-electron chi connectivity index (χ2n) is 3.01. The molecule has 2 rings (SSSR count). The number of benzene rings is 1. The maximum absolute atomic E-state index is 8.69. The Morgan fingerprint density at radius 1 is 1.43 bits per heavy atom. The topological polar surface area (TPSA) is 46.2 Å². The van der Waals surface area contributed by atoms with Gasteiger partial charge in [0.15, 0.2) is 0 Å². The predicted octanol–water partition coefficient (Wildman–Crippen LogP) is 2.45. The van der Waals surface area contributed by atoms with E-state index >= 15 is 0 Å². The number of nitrogens with zero attached hydrogens (tertiary/aromatic N) is 1. The number of ether oxygens (including phenoxy) is 1. The molecule has 0 amide bonds. The monoisotopic (exact) mass is 187 g/mol. The minimum atomic E-state index is 0.455. The van der Waals surface area contributed by atoms with Crippen LogP contribution in [0.25, 0.3) is 11.0 Å². The lowest BCUT2D eigenvalue weighted by Crippen LogP contribution is -1.81. The largest absolute Gasteiger partial charge is 0.459 e. The van der Waals surface area contributed by atoms with Crippen LogP contribution in [0.15, 0.2) is 28.7 Å². The molecule has 0 aliphatic rings. The summed E-state index contributed by atoms with van der Waals surface area (Å²) in [5.41, 5.74) is 1.34. The first-order chi connectivity index (χ1) is 6.83. The van der Waals surface area contributed by atoms with Gasteiger partial charge in [-0.25, -0.2) is 0 Å². The van der Waals surface area contributed by atoms with Gasteiger partial charge in [-0.2, -0.15) is 5.26 Å². The third-order valence-corrected chi connectivity index (χ3v) is 1.99.